The molecule has 2 heterocycles. The first-order chi connectivity index (χ1) is 10.7. The molecule has 0 atom stereocenters. The molecule has 2 fully saturated rings. The zero-order valence-corrected chi connectivity index (χ0v) is 13.5. The van der Waals surface area contributed by atoms with Crippen molar-refractivity contribution >= 4 is 11.9 Å². The number of hydrogen-bond donors (Lipinski definition) is 1. The van der Waals surface area contributed by atoms with Crippen LogP contribution < -0.4 is 10.2 Å². The van der Waals surface area contributed by atoms with Crippen molar-refractivity contribution in [1.29, 1.82) is 0 Å². The van der Waals surface area contributed by atoms with Gasteiger partial charge in [0.15, 0.2) is 0 Å². The van der Waals surface area contributed by atoms with Crippen molar-refractivity contribution in [2.45, 2.75) is 64.3 Å². The number of anilines is 1. The molecule has 0 unspecified atom stereocenters. The molecule has 0 spiro atoms. The van der Waals surface area contributed by atoms with E-state index in [4.69, 9.17) is 0 Å². The van der Waals surface area contributed by atoms with Crippen LogP contribution in [0.25, 0.3) is 0 Å². The Kier molecular flexibility index (Phi) is 4.90. The van der Waals surface area contributed by atoms with E-state index in [0.29, 0.717) is 17.7 Å². The minimum absolute atomic E-state index is 0.0437. The number of nitrogens with one attached hydrogen (secondary N) is 1. The summed E-state index contributed by atoms with van der Waals surface area (Å²) in [5.41, 5.74) is 1.38. The molecule has 1 saturated carbocycles. The van der Waals surface area contributed by atoms with Gasteiger partial charge in [0, 0.05) is 24.8 Å². The Labute approximate surface area is 132 Å². The van der Waals surface area contributed by atoms with Crippen molar-refractivity contribution in [2.75, 3.05) is 18.0 Å². The van der Waals surface area contributed by atoms with E-state index in [9.17, 15) is 4.79 Å². The molecule has 120 valence electrons. The summed E-state index contributed by atoms with van der Waals surface area (Å²) in [6.45, 7) is 3.92. The van der Waals surface area contributed by atoms with Gasteiger partial charge in [-0.2, -0.15) is 0 Å². The fourth-order valence-corrected chi connectivity index (χ4v) is 3.41. The topological polar surface area (TPSA) is 58.1 Å². The molecular formula is C17H26N4O. The standard InChI is InChI=1S/C17H26N4O/c1-13-12-15(20-17(18-13)21-10-6-7-11-21)16(22)19-14-8-4-2-3-5-9-14/h12,14H,2-11H2,1H3,(H,19,22). The van der Waals surface area contributed by atoms with Crippen LogP contribution >= 0.6 is 0 Å². The first-order valence-electron chi connectivity index (χ1n) is 8.64. The van der Waals surface area contributed by atoms with E-state index in [-0.39, 0.29) is 5.91 Å². The lowest BCUT2D eigenvalue weighted by molar-refractivity contribution is 0.0928. The van der Waals surface area contributed by atoms with Crippen molar-refractivity contribution in [3.8, 4) is 0 Å². The van der Waals surface area contributed by atoms with Gasteiger partial charge in [-0.1, -0.05) is 25.7 Å². The lowest BCUT2D eigenvalue weighted by atomic mass is 10.1. The van der Waals surface area contributed by atoms with Crippen LogP contribution in [0.1, 0.15) is 67.5 Å². The number of carbonyl (C=O) groups is 1. The van der Waals surface area contributed by atoms with Gasteiger partial charge in [0.05, 0.1) is 0 Å². The predicted octanol–water partition coefficient (Wildman–Crippen LogP) is 2.84. The van der Waals surface area contributed by atoms with Crippen LogP contribution in [-0.4, -0.2) is 35.0 Å². The Morgan fingerprint density at radius 1 is 1.09 bits per heavy atom. The molecule has 1 aromatic heterocycles. The van der Waals surface area contributed by atoms with Crippen molar-refractivity contribution in [3.05, 3.63) is 17.5 Å². The van der Waals surface area contributed by atoms with Gasteiger partial charge >= 0.3 is 0 Å². The van der Waals surface area contributed by atoms with Crippen LogP contribution in [0.5, 0.6) is 0 Å². The van der Waals surface area contributed by atoms with Gasteiger partial charge in [-0.05, 0) is 38.7 Å². The molecule has 1 amide bonds. The maximum absolute atomic E-state index is 12.5. The Hall–Kier alpha value is -1.65. The largest absolute Gasteiger partial charge is 0.348 e. The number of aromatic nitrogens is 2. The highest BCUT2D eigenvalue weighted by molar-refractivity contribution is 5.92. The molecule has 1 aliphatic carbocycles. The minimum atomic E-state index is -0.0437. The highest BCUT2D eigenvalue weighted by Gasteiger charge is 2.20. The molecule has 5 heteroatoms. The summed E-state index contributed by atoms with van der Waals surface area (Å²) in [5.74, 6) is 0.668. The number of hydrogen-bond acceptors (Lipinski definition) is 4. The monoisotopic (exact) mass is 302 g/mol. The lowest BCUT2D eigenvalue weighted by Gasteiger charge is -2.18. The van der Waals surface area contributed by atoms with Crippen molar-refractivity contribution in [1.82, 2.24) is 15.3 Å². The first kappa shape index (κ1) is 15.3. The molecule has 1 aromatic rings. The van der Waals surface area contributed by atoms with E-state index in [2.05, 4.69) is 20.2 Å². The van der Waals surface area contributed by atoms with E-state index in [1.807, 2.05) is 6.92 Å². The molecule has 3 rings (SSSR count). The first-order valence-corrected chi connectivity index (χ1v) is 8.64. The molecule has 22 heavy (non-hydrogen) atoms. The Bertz CT molecular complexity index is 517. The second-order valence-electron chi connectivity index (χ2n) is 6.55. The molecule has 0 aromatic carbocycles. The summed E-state index contributed by atoms with van der Waals surface area (Å²) < 4.78 is 0. The van der Waals surface area contributed by atoms with Gasteiger partial charge < -0.3 is 10.2 Å². The van der Waals surface area contributed by atoms with Gasteiger partial charge in [0.1, 0.15) is 5.69 Å². The maximum Gasteiger partial charge on any atom is 0.270 e. The maximum atomic E-state index is 12.5. The number of rotatable bonds is 3. The molecular weight excluding hydrogens is 276 g/mol. The van der Waals surface area contributed by atoms with Crippen LogP contribution in [0.4, 0.5) is 5.95 Å². The third kappa shape index (κ3) is 3.76. The average Bonchev–Trinajstić information content (AvgIpc) is 2.93. The Morgan fingerprint density at radius 3 is 2.45 bits per heavy atom. The molecule has 2 aliphatic rings. The number of carbonyl (C=O) groups excluding carboxylic acids is 1. The van der Waals surface area contributed by atoms with Crippen LogP contribution in [0.2, 0.25) is 0 Å². The molecule has 0 bridgehead atoms. The van der Waals surface area contributed by atoms with E-state index in [1.165, 1.54) is 38.5 Å². The van der Waals surface area contributed by atoms with Gasteiger partial charge in [-0.15, -0.1) is 0 Å². The smallest absolute Gasteiger partial charge is 0.270 e. The van der Waals surface area contributed by atoms with Gasteiger partial charge in [0.25, 0.3) is 5.91 Å². The van der Waals surface area contributed by atoms with E-state index in [0.717, 1.165) is 31.6 Å². The van der Waals surface area contributed by atoms with Crippen molar-refractivity contribution in [2.24, 2.45) is 0 Å². The molecule has 0 radical (unpaired) electrons. The molecule has 1 saturated heterocycles. The summed E-state index contributed by atoms with van der Waals surface area (Å²) in [6.07, 6.45) is 9.56. The second kappa shape index (κ2) is 7.07. The summed E-state index contributed by atoms with van der Waals surface area (Å²) in [6, 6.07) is 2.10. The number of amides is 1. The highest BCUT2D eigenvalue weighted by Crippen LogP contribution is 2.19. The third-order valence-corrected chi connectivity index (χ3v) is 4.65. The van der Waals surface area contributed by atoms with Crippen LogP contribution in [0.3, 0.4) is 0 Å². The van der Waals surface area contributed by atoms with Crippen LogP contribution in [-0.2, 0) is 0 Å². The second-order valence-corrected chi connectivity index (χ2v) is 6.55. The molecule has 5 nitrogen and oxygen atoms in total. The van der Waals surface area contributed by atoms with Gasteiger partial charge in [-0.3, -0.25) is 4.79 Å². The van der Waals surface area contributed by atoms with Gasteiger partial charge in [0.2, 0.25) is 5.95 Å². The molecule has 1 aliphatic heterocycles. The Morgan fingerprint density at radius 2 is 1.77 bits per heavy atom. The quantitative estimate of drug-likeness (QED) is 0.872. The van der Waals surface area contributed by atoms with E-state index in [1.54, 1.807) is 6.07 Å². The fraction of sp³-hybridized carbons (Fsp3) is 0.706. The third-order valence-electron chi connectivity index (χ3n) is 4.65. The summed E-state index contributed by atoms with van der Waals surface area (Å²) >= 11 is 0. The normalized spacial score (nSPS) is 20.0. The highest BCUT2D eigenvalue weighted by atomic mass is 16.1. The lowest BCUT2D eigenvalue weighted by Crippen LogP contribution is -2.35. The van der Waals surface area contributed by atoms with Crippen molar-refractivity contribution < 1.29 is 4.79 Å². The Balaban J connectivity index is 1.70. The summed E-state index contributed by atoms with van der Waals surface area (Å²) in [4.78, 5) is 23.7. The van der Waals surface area contributed by atoms with E-state index < -0.39 is 0 Å². The van der Waals surface area contributed by atoms with Crippen LogP contribution in [0, 0.1) is 6.92 Å². The summed E-state index contributed by atoms with van der Waals surface area (Å²) in [7, 11) is 0. The molecule has 1 N–H and O–H groups in total. The minimum Gasteiger partial charge on any atom is -0.348 e. The van der Waals surface area contributed by atoms with Gasteiger partial charge in [-0.25, -0.2) is 9.97 Å². The van der Waals surface area contributed by atoms with E-state index >= 15 is 0 Å². The zero-order valence-electron chi connectivity index (χ0n) is 13.5. The van der Waals surface area contributed by atoms with Crippen LogP contribution in [0.15, 0.2) is 6.07 Å². The SMILES string of the molecule is Cc1cc(C(=O)NC2CCCCCC2)nc(N2CCCC2)n1. The fourth-order valence-electron chi connectivity index (χ4n) is 3.41. The number of nitrogens with zero attached hydrogens (tertiary/aromatic N) is 3. The van der Waals surface area contributed by atoms with Crippen molar-refractivity contribution in [3.63, 3.8) is 0 Å². The average molecular weight is 302 g/mol. The number of aryl methyl sites for hydroxylation is 1. The summed E-state index contributed by atoms with van der Waals surface area (Å²) in [5, 5.41) is 3.17. The predicted molar refractivity (Wildman–Crippen MR) is 87.2 cm³/mol. The zero-order chi connectivity index (χ0) is 15.4.